The zero-order valence-electron chi connectivity index (χ0n) is 8.44. The van der Waals surface area contributed by atoms with Crippen molar-refractivity contribution in [1.82, 2.24) is 0 Å². The van der Waals surface area contributed by atoms with Gasteiger partial charge in [0.2, 0.25) is 11.4 Å². The average molecular weight is 243 g/mol. The van der Waals surface area contributed by atoms with Crippen molar-refractivity contribution in [1.29, 1.82) is 0 Å². The molecule has 1 atom stereocenters. The third-order valence-corrected chi connectivity index (χ3v) is 2.56. The quantitative estimate of drug-likeness (QED) is 0.795. The van der Waals surface area contributed by atoms with Gasteiger partial charge in [-0.05, 0) is 24.3 Å². The highest BCUT2D eigenvalue weighted by Crippen LogP contribution is 2.25. The summed E-state index contributed by atoms with van der Waals surface area (Å²) in [6.07, 6.45) is 0. The number of aliphatic carboxylic acids is 1. The largest absolute Gasteiger partial charge is 0.478 e. The van der Waals surface area contributed by atoms with Crippen molar-refractivity contribution in [2.24, 2.45) is 0 Å². The number of carboxylic acids is 1. The van der Waals surface area contributed by atoms with E-state index in [9.17, 15) is 14.0 Å². The Morgan fingerprint density at radius 3 is 2.38 bits per heavy atom. The molecule has 1 unspecified atom stereocenters. The van der Waals surface area contributed by atoms with Crippen molar-refractivity contribution >= 4 is 29.3 Å². The van der Waals surface area contributed by atoms with Gasteiger partial charge in [-0.25, -0.2) is 9.18 Å². The lowest BCUT2D eigenvalue weighted by atomic mass is 10.3. The lowest BCUT2D eigenvalue weighted by Gasteiger charge is -2.05. The molecule has 0 aliphatic heterocycles. The third-order valence-electron chi connectivity index (χ3n) is 1.61. The fourth-order valence-corrected chi connectivity index (χ4v) is 1.62. The highest BCUT2D eigenvalue weighted by molar-refractivity contribution is 8.00. The number of benzene rings is 1. The molecule has 0 fully saturated rings. The fourth-order valence-electron chi connectivity index (χ4n) is 0.990. The standard InChI is InChI=1S/C10H10FNO3S/c1-6(13)12-7-2-4-8(5-3-7)16-9(11)10(14)15/h2-5,9H,1H3,(H,12,13)(H,14,15). The van der Waals surface area contributed by atoms with E-state index >= 15 is 0 Å². The van der Waals surface area contributed by atoms with Crippen molar-refractivity contribution in [3.8, 4) is 0 Å². The molecule has 0 bridgehead atoms. The van der Waals surface area contributed by atoms with Crippen LogP contribution < -0.4 is 5.32 Å². The molecule has 1 aromatic rings. The van der Waals surface area contributed by atoms with Gasteiger partial charge in [0, 0.05) is 17.5 Å². The number of carbonyl (C=O) groups excluding carboxylic acids is 1. The molecule has 0 saturated heterocycles. The minimum Gasteiger partial charge on any atom is -0.478 e. The van der Waals surface area contributed by atoms with E-state index in [0.29, 0.717) is 22.3 Å². The number of carboxylic acid groups (broad SMARTS) is 1. The Kier molecular flexibility index (Phi) is 4.30. The number of hydrogen-bond donors (Lipinski definition) is 2. The summed E-state index contributed by atoms with van der Waals surface area (Å²) in [6, 6.07) is 6.26. The van der Waals surface area contributed by atoms with Gasteiger partial charge in [0.25, 0.3) is 0 Å². The van der Waals surface area contributed by atoms with Crippen molar-refractivity contribution in [3.63, 3.8) is 0 Å². The van der Waals surface area contributed by atoms with Crippen LogP contribution in [0, 0.1) is 0 Å². The second-order valence-corrected chi connectivity index (χ2v) is 4.10. The van der Waals surface area contributed by atoms with E-state index in [0.717, 1.165) is 0 Å². The SMILES string of the molecule is CC(=O)Nc1ccc(SC(F)C(=O)O)cc1. The smallest absolute Gasteiger partial charge is 0.349 e. The van der Waals surface area contributed by atoms with Gasteiger partial charge in [0.1, 0.15) is 0 Å². The highest BCUT2D eigenvalue weighted by atomic mass is 32.2. The van der Waals surface area contributed by atoms with Gasteiger partial charge in [-0.3, -0.25) is 4.79 Å². The first-order valence-electron chi connectivity index (χ1n) is 4.40. The summed E-state index contributed by atoms with van der Waals surface area (Å²) in [6.45, 7) is 1.38. The van der Waals surface area contributed by atoms with Crippen LogP contribution in [-0.2, 0) is 9.59 Å². The van der Waals surface area contributed by atoms with Crippen LogP contribution in [0.2, 0.25) is 0 Å². The summed E-state index contributed by atoms with van der Waals surface area (Å²) in [5, 5.41) is 10.9. The number of nitrogens with one attached hydrogen (secondary N) is 1. The van der Waals surface area contributed by atoms with Crippen LogP contribution in [0.25, 0.3) is 0 Å². The Morgan fingerprint density at radius 1 is 1.38 bits per heavy atom. The van der Waals surface area contributed by atoms with E-state index < -0.39 is 11.5 Å². The fraction of sp³-hybridized carbons (Fsp3) is 0.200. The first-order valence-corrected chi connectivity index (χ1v) is 5.28. The molecule has 0 spiro atoms. The number of hydrogen-bond acceptors (Lipinski definition) is 3. The van der Waals surface area contributed by atoms with Gasteiger partial charge in [-0.15, -0.1) is 0 Å². The molecule has 1 rings (SSSR count). The number of rotatable bonds is 4. The van der Waals surface area contributed by atoms with Gasteiger partial charge < -0.3 is 10.4 Å². The van der Waals surface area contributed by atoms with Crippen LogP contribution in [0.15, 0.2) is 29.2 Å². The molecule has 2 N–H and O–H groups in total. The molecule has 1 amide bonds. The number of carbonyl (C=O) groups is 2. The van der Waals surface area contributed by atoms with Crippen molar-refractivity contribution in [2.45, 2.75) is 17.3 Å². The number of halogens is 1. The minimum absolute atomic E-state index is 0.200. The molecule has 0 aliphatic carbocycles. The van der Waals surface area contributed by atoms with E-state index in [1.54, 1.807) is 24.3 Å². The number of amides is 1. The molecule has 86 valence electrons. The molecule has 0 aromatic heterocycles. The van der Waals surface area contributed by atoms with Gasteiger partial charge in [-0.1, -0.05) is 11.8 Å². The number of anilines is 1. The van der Waals surface area contributed by atoms with Crippen LogP contribution in [-0.4, -0.2) is 22.5 Å². The van der Waals surface area contributed by atoms with Crippen molar-refractivity contribution < 1.29 is 19.1 Å². The average Bonchev–Trinajstić information content (AvgIpc) is 2.20. The molecular formula is C10H10FNO3S. The lowest BCUT2D eigenvalue weighted by molar-refractivity contribution is -0.139. The predicted octanol–water partition coefficient (Wildman–Crippen LogP) is 2.12. The Labute approximate surface area is 95.8 Å². The molecule has 6 heteroatoms. The topological polar surface area (TPSA) is 66.4 Å². The molecule has 0 aliphatic rings. The van der Waals surface area contributed by atoms with E-state index in [1.807, 2.05) is 0 Å². The second-order valence-electron chi connectivity index (χ2n) is 2.98. The Bertz CT molecular complexity index is 394. The van der Waals surface area contributed by atoms with Crippen LogP contribution in [0.4, 0.5) is 10.1 Å². The number of alkyl halides is 1. The molecule has 1 aromatic carbocycles. The van der Waals surface area contributed by atoms with Crippen molar-refractivity contribution in [2.75, 3.05) is 5.32 Å². The molecule has 0 saturated carbocycles. The monoisotopic (exact) mass is 243 g/mol. The van der Waals surface area contributed by atoms with E-state index in [-0.39, 0.29) is 5.91 Å². The maximum absolute atomic E-state index is 12.8. The lowest BCUT2D eigenvalue weighted by Crippen LogP contribution is -2.09. The Balaban J connectivity index is 2.64. The summed E-state index contributed by atoms with van der Waals surface area (Å²) >= 11 is 0.600. The van der Waals surface area contributed by atoms with Gasteiger partial charge >= 0.3 is 5.97 Å². The van der Waals surface area contributed by atoms with Crippen LogP contribution in [0.3, 0.4) is 0 Å². The van der Waals surface area contributed by atoms with Gasteiger partial charge in [0.05, 0.1) is 0 Å². The summed E-state index contributed by atoms with van der Waals surface area (Å²) in [5.74, 6) is -1.70. The predicted molar refractivity (Wildman–Crippen MR) is 59.1 cm³/mol. The van der Waals surface area contributed by atoms with E-state index in [4.69, 9.17) is 5.11 Å². The zero-order valence-corrected chi connectivity index (χ0v) is 9.25. The summed E-state index contributed by atoms with van der Waals surface area (Å²) in [5.41, 5.74) is -1.39. The van der Waals surface area contributed by atoms with Crippen LogP contribution >= 0.6 is 11.8 Å². The third kappa shape index (κ3) is 3.90. The molecule has 0 heterocycles. The van der Waals surface area contributed by atoms with Gasteiger partial charge in [-0.2, -0.15) is 0 Å². The first-order chi connectivity index (χ1) is 7.49. The van der Waals surface area contributed by atoms with Crippen LogP contribution in [0.5, 0.6) is 0 Å². The molecule has 16 heavy (non-hydrogen) atoms. The summed E-state index contributed by atoms with van der Waals surface area (Å²) in [7, 11) is 0. The molecule has 0 radical (unpaired) electrons. The van der Waals surface area contributed by atoms with E-state index in [1.165, 1.54) is 6.92 Å². The maximum atomic E-state index is 12.8. The summed E-state index contributed by atoms with van der Waals surface area (Å²) < 4.78 is 12.8. The van der Waals surface area contributed by atoms with E-state index in [2.05, 4.69) is 5.32 Å². The first kappa shape index (κ1) is 12.5. The summed E-state index contributed by atoms with van der Waals surface area (Å²) in [4.78, 5) is 21.5. The number of thioether (sulfide) groups is 1. The minimum atomic E-state index is -1.98. The van der Waals surface area contributed by atoms with Crippen LogP contribution in [0.1, 0.15) is 6.92 Å². The maximum Gasteiger partial charge on any atom is 0.349 e. The zero-order chi connectivity index (χ0) is 12.1. The van der Waals surface area contributed by atoms with Gasteiger partial charge in [0.15, 0.2) is 0 Å². The highest BCUT2D eigenvalue weighted by Gasteiger charge is 2.16. The molecular weight excluding hydrogens is 233 g/mol. The Morgan fingerprint density at radius 2 is 1.94 bits per heavy atom. The second kappa shape index (κ2) is 5.50. The Hall–Kier alpha value is -1.56. The van der Waals surface area contributed by atoms with Crippen molar-refractivity contribution in [3.05, 3.63) is 24.3 Å². The normalized spacial score (nSPS) is 11.9. The molecule has 4 nitrogen and oxygen atoms in total.